The summed E-state index contributed by atoms with van der Waals surface area (Å²) in [7, 11) is -3.36. The Balaban J connectivity index is 3.16. The van der Waals surface area contributed by atoms with Crippen molar-refractivity contribution in [3.63, 3.8) is 0 Å². The number of carboxylic acid groups (broad SMARTS) is 1. The molecular formula is C12H16O4S. The second kappa shape index (κ2) is 5.31. The molecule has 1 N–H and O–H groups in total. The highest BCUT2D eigenvalue weighted by atomic mass is 32.2. The van der Waals surface area contributed by atoms with Crippen LogP contribution in [0.3, 0.4) is 0 Å². The molecule has 5 heteroatoms. The molecule has 0 aliphatic heterocycles. The first kappa shape index (κ1) is 13.7. The first-order chi connectivity index (χ1) is 7.88. The number of aryl methyl sites for hydroxylation is 1. The van der Waals surface area contributed by atoms with Crippen molar-refractivity contribution in [3.8, 4) is 0 Å². The fraction of sp³-hybridized carbons (Fsp3) is 0.417. The molecule has 0 radical (unpaired) electrons. The van der Waals surface area contributed by atoms with Crippen molar-refractivity contribution in [1.82, 2.24) is 0 Å². The average Bonchev–Trinajstić information content (AvgIpc) is 2.26. The first-order valence-electron chi connectivity index (χ1n) is 5.45. The number of hydrogen-bond donors (Lipinski definition) is 1. The lowest BCUT2D eigenvalue weighted by Crippen LogP contribution is -2.09. The van der Waals surface area contributed by atoms with Crippen LogP contribution in [0.5, 0.6) is 0 Å². The molecule has 17 heavy (non-hydrogen) atoms. The molecule has 1 aromatic carbocycles. The predicted molar refractivity (Wildman–Crippen MR) is 65.1 cm³/mol. The van der Waals surface area contributed by atoms with Gasteiger partial charge in [-0.1, -0.05) is 19.4 Å². The second-order valence-corrected chi connectivity index (χ2v) is 6.06. The van der Waals surface area contributed by atoms with Crippen molar-refractivity contribution >= 4 is 15.8 Å². The number of benzene rings is 1. The molecule has 0 atom stereocenters. The molecule has 0 heterocycles. The van der Waals surface area contributed by atoms with E-state index in [1.807, 2.05) is 6.92 Å². The maximum atomic E-state index is 11.9. The highest BCUT2D eigenvalue weighted by Gasteiger charge is 2.17. The van der Waals surface area contributed by atoms with Gasteiger partial charge in [0.25, 0.3) is 0 Å². The van der Waals surface area contributed by atoms with Gasteiger partial charge in [0.1, 0.15) is 0 Å². The monoisotopic (exact) mass is 256 g/mol. The minimum Gasteiger partial charge on any atom is -0.478 e. The Labute approximate surface area is 101 Å². The van der Waals surface area contributed by atoms with E-state index in [2.05, 4.69) is 0 Å². The van der Waals surface area contributed by atoms with Gasteiger partial charge in [-0.3, -0.25) is 0 Å². The number of sulfone groups is 1. The van der Waals surface area contributed by atoms with Crippen molar-refractivity contribution in [3.05, 3.63) is 29.3 Å². The van der Waals surface area contributed by atoms with E-state index in [0.717, 1.165) is 6.42 Å². The van der Waals surface area contributed by atoms with Crippen LogP contribution in [0.1, 0.15) is 35.7 Å². The number of rotatable bonds is 5. The van der Waals surface area contributed by atoms with E-state index >= 15 is 0 Å². The fourth-order valence-corrected chi connectivity index (χ4v) is 2.95. The van der Waals surface area contributed by atoms with E-state index in [0.29, 0.717) is 12.0 Å². The molecule has 0 unspecified atom stereocenters. The Hall–Kier alpha value is -1.36. The van der Waals surface area contributed by atoms with Crippen LogP contribution in [0.4, 0.5) is 0 Å². The molecule has 0 aliphatic carbocycles. The largest absolute Gasteiger partial charge is 0.478 e. The standard InChI is InChI=1S/C12H16O4S/c1-3-4-7-17(15,16)10-6-5-9(2)11(8-10)12(13)14/h5-6,8H,3-4,7H2,1-2H3,(H,13,14). The normalized spacial score (nSPS) is 11.4. The van der Waals surface area contributed by atoms with Gasteiger partial charge in [0.2, 0.25) is 0 Å². The van der Waals surface area contributed by atoms with Crippen molar-refractivity contribution in [2.24, 2.45) is 0 Å². The minimum absolute atomic E-state index is 0.0440. The molecule has 1 aromatic rings. The molecule has 4 nitrogen and oxygen atoms in total. The number of carbonyl (C=O) groups is 1. The SMILES string of the molecule is CCCCS(=O)(=O)c1ccc(C)c(C(=O)O)c1. The van der Waals surface area contributed by atoms with Gasteiger partial charge in [-0.15, -0.1) is 0 Å². The number of hydrogen-bond acceptors (Lipinski definition) is 3. The molecule has 0 aromatic heterocycles. The van der Waals surface area contributed by atoms with E-state index in [-0.39, 0.29) is 16.2 Å². The van der Waals surface area contributed by atoms with Crippen LogP contribution < -0.4 is 0 Å². The number of unbranched alkanes of at least 4 members (excludes halogenated alkanes) is 1. The summed E-state index contributed by atoms with van der Waals surface area (Å²) in [6, 6.07) is 4.23. The third-order valence-corrected chi connectivity index (χ3v) is 4.36. The first-order valence-corrected chi connectivity index (χ1v) is 7.10. The van der Waals surface area contributed by atoms with Crippen molar-refractivity contribution in [2.75, 3.05) is 5.75 Å². The minimum atomic E-state index is -3.36. The van der Waals surface area contributed by atoms with Crippen LogP contribution in [0.25, 0.3) is 0 Å². The smallest absolute Gasteiger partial charge is 0.335 e. The highest BCUT2D eigenvalue weighted by Crippen LogP contribution is 2.17. The van der Waals surface area contributed by atoms with Crippen molar-refractivity contribution in [1.29, 1.82) is 0 Å². The maximum Gasteiger partial charge on any atom is 0.335 e. The highest BCUT2D eigenvalue weighted by molar-refractivity contribution is 7.91. The van der Waals surface area contributed by atoms with Crippen LogP contribution in [-0.4, -0.2) is 25.2 Å². The molecule has 0 spiro atoms. The van der Waals surface area contributed by atoms with E-state index in [1.54, 1.807) is 6.92 Å². The summed E-state index contributed by atoms with van der Waals surface area (Å²) in [5.41, 5.74) is 0.606. The summed E-state index contributed by atoms with van der Waals surface area (Å²) in [4.78, 5) is 11.0. The molecule has 0 amide bonds. The maximum absolute atomic E-state index is 11.9. The number of carboxylic acids is 1. The summed E-state index contributed by atoms with van der Waals surface area (Å²) in [5, 5.41) is 8.94. The third-order valence-electron chi connectivity index (χ3n) is 2.57. The zero-order chi connectivity index (χ0) is 13.1. The van der Waals surface area contributed by atoms with Crippen LogP contribution in [-0.2, 0) is 9.84 Å². The fourth-order valence-electron chi connectivity index (χ4n) is 1.48. The summed E-state index contributed by atoms with van der Waals surface area (Å²) in [6.45, 7) is 3.55. The zero-order valence-corrected chi connectivity index (χ0v) is 10.8. The second-order valence-electron chi connectivity index (χ2n) is 3.95. The molecule has 94 valence electrons. The van der Waals surface area contributed by atoms with Crippen molar-refractivity contribution in [2.45, 2.75) is 31.6 Å². The lowest BCUT2D eigenvalue weighted by Gasteiger charge is -2.06. The van der Waals surface area contributed by atoms with Gasteiger partial charge < -0.3 is 5.11 Å². The molecule has 0 bridgehead atoms. The van der Waals surface area contributed by atoms with E-state index < -0.39 is 15.8 Å². The van der Waals surface area contributed by atoms with Gasteiger partial charge in [0.15, 0.2) is 9.84 Å². The van der Waals surface area contributed by atoms with Gasteiger partial charge in [-0.2, -0.15) is 0 Å². The van der Waals surface area contributed by atoms with E-state index in [9.17, 15) is 13.2 Å². The topological polar surface area (TPSA) is 71.4 Å². The molecule has 0 fully saturated rings. The van der Waals surface area contributed by atoms with E-state index in [1.165, 1.54) is 18.2 Å². The molecule has 0 saturated heterocycles. The molecule has 0 saturated carbocycles. The average molecular weight is 256 g/mol. The Bertz CT molecular complexity index is 517. The van der Waals surface area contributed by atoms with Crippen LogP contribution in [0, 0.1) is 6.92 Å². The molecule has 0 aliphatic rings. The summed E-state index contributed by atoms with van der Waals surface area (Å²) in [6.07, 6.45) is 1.37. The quantitative estimate of drug-likeness (QED) is 0.877. The molecular weight excluding hydrogens is 240 g/mol. The Morgan fingerprint density at radius 2 is 2.00 bits per heavy atom. The lowest BCUT2D eigenvalue weighted by atomic mass is 10.1. The predicted octanol–water partition coefficient (Wildman–Crippen LogP) is 2.27. The van der Waals surface area contributed by atoms with E-state index in [4.69, 9.17) is 5.11 Å². The lowest BCUT2D eigenvalue weighted by molar-refractivity contribution is 0.0696. The number of aromatic carboxylic acids is 1. The van der Waals surface area contributed by atoms with Crippen LogP contribution >= 0.6 is 0 Å². The van der Waals surface area contributed by atoms with Gasteiger partial charge >= 0.3 is 5.97 Å². The van der Waals surface area contributed by atoms with Crippen molar-refractivity contribution < 1.29 is 18.3 Å². The zero-order valence-electron chi connectivity index (χ0n) is 9.93. The summed E-state index contributed by atoms with van der Waals surface area (Å²) in [5.74, 6) is -1.04. The summed E-state index contributed by atoms with van der Waals surface area (Å²) >= 11 is 0. The Kier molecular flexibility index (Phi) is 4.28. The summed E-state index contributed by atoms with van der Waals surface area (Å²) < 4.78 is 23.8. The molecule has 1 rings (SSSR count). The Morgan fingerprint density at radius 1 is 1.35 bits per heavy atom. The van der Waals surface area contributed by atoms with Gasteiger partial charge in [0, 0.05) is 0 Å². The van der Waals surface area contributed by atoms with Crippen LogP contribution in [0.15, 0.2) is 23.1 Å². The van der Waals surface area contributed by atoms with Gasteiger partial charge in [0.05, 0.1) is 16.2 Å². The van der Waals surface area contributed by atoms with Crippen LogP contribution in [0.2, 0.25) is 0 Å². The Morgan fingerprint density at radius 3 is 2.53 bits per heavy atom. The third kappa shape index (κ3) is 3.30. The van der Waals surface area contributed by atoms with Gasteiger partial charge in [-0.25, -0.2) is 13.2 Å². The van der Waals surface area contributed by atoms with Gasteiger partial charge in [-0.05, 0) is 31.0 Å².